The van der Waals surface area contributed by atoms with Gasteiger partial charge in [0.2, 0.25) is 0 Å². The molecule has 7 nitrogen and oxygen atoms in total. The van der Waals surface area contributed by atoms with Gasteiger partial charge in [-0.1, -0.05) is 0 Å². The van der Waals surface area contributed by atoms with Crippen molar-refractivity contribution in [3.05, 3.63) is 24.3 Å². The lowest BCUT2D eigenvalue weighted by Crippen LogP contribution is -2.50. The van der Waals surface area contributed by atoms with Gasteiger partial charge in [0.1, 0.15) is 23.8 Å². The zero-order valence-corrected chi connectivity index (χ0v) is 11.8. The number of hydrogen-bond donors (Lipinski definition) is 2. The Morgan fingerprint density at radius 3 is 3.33 bits per heavy atom. The van der Waals surface area contributed by atoms with E-state index in [1.807, 2.05) is 6.92 Å². The van der Waals surface area contributed by atoms with E-state index < -0.39 is 0 Å². The van der Waals surface area contributed by atoms with E-state index in [1.54, 1.807) is 12.3 Å². The molecule has 3 heterocycles. The highest BCUT2D eigenvalue weighted by atomic mass is 16.5. The third-order valence-corrected chi connectivity index (χ3v) is 3.57. The van der Waals surface area contributed by atoms with E-state index in [9.17, 15) is 4.79 Å². The maximum Gasteiger partial charge on any atom is 0.271 e. The first-order valence-corrected chi connectivity index (χ1v) is 7.08. The average molecular weight is 290 g/mol. The molecule has 2 unspecified atom stereocenters. The predicted octanol–water partition coefficient (Wildman–Crippen LogP) is 0.882. The molecule has 0 bridgehead atoms. The van der Waals surface area contributed by atoms with E-state index in [4.69, 9.17) is 9.47 Å². The van der Waals surface area contributed by atoms with E-state index in [2.05, 4.69) is 20.3 Å². The lowest BCUT2D eigenvalue weighted by Gasteiger charge is -2.31. The molecule has 1 aliphatic heterocycles. The molecule has 21 heavy (non-hydrogen) atoms. The summed E-state index contributed by atoms with van der Waals surface area (Å²) in [7, 11) is 0. The SMILES string of the molecule is CCOC1COCCC1NC(=O)c1ncnc2[nH]ccc12. The normalized spacial score (nSPS) is 22.3. The largest absolute Gasteiger partial charge is 0.379 e. The van der Waals surface area contributed by atoms with Crippen molar-refractivity contribution in [3.8, 4) is 0 Å². The van der Waals surface area contributed by atoms with E-state index in [0.717, 1.165) is 11.8 Å². The van der Waals surface area contributed by atoms with Crippen LogP contribution in [-0.2, 0) is 9.47 Å². The molecule has 2 aromatic rings. The van der Waals surface area contributed by atoms with Crippen molar-refractivity contribution in [2.75, 3.05) is 19.8 Å². The molecule has 1 amide bonds. The Labute approximate surface area is 122 Å². The summed E-state index contributed by atoms with van der Waals surface area (Å²) in [6.07, 6.45) is 3.75. The highest BCUT2D eigenvalue weighted by Crippen LogP contribution is 2.15. The van der Waals surface area contributed by atoms with Gasteiger partial charge in [-0.25, -0.2) is 9.97 Å². The molecule has 0 radical (unpaired) electrons. The fraction of sp³-hybridized carbons (Fsp3) is 0.500. The Morgan fingerprint density at radius 1 is 1.57 bits per heavy atom. The number of aromatic amines is 1. The number of rotatable bonds is 4. The van der Waals surface area contributed by atoms with E-state index in [1.165, 1.54) is 6.33 Å². The van der Waals surface area contributed by atoms with Gasteiger partial charge in [0, 0.05) is 19.4 Å². The Hall–Kier alpha value is -1.99. The number of amides is 1. The summed E-state index contributed by atoms with van der Waals surface area (Å²) < 4.78 is 11.0. The number of nitrogens with one attached hydrogen (secondary N) is 2. The molecule has 3 rings (SSSR count). The zero-order valence-electron chi connectivity index (χ0n) is 11.8. The fourth-order valence-corrected chi connectivity index (χ4v) is 2.55. The van der Waals surface area contributed by atoms with Crippen LogP contribution in [0, 0.1) is 0 Å². The number of hydrogen-bond acceptors (Lipinski definition) is 5. The van der Waals surface area contributed by atoms with Crippen molar-refractivity contribution in [3.63, 3.8) is 0 Å². The second-order valence-electron chi connectivity index (χ2n) is 4.90. The number of ether oxygens (including phenoxy) is 2. The minimum Gasteiger partial charge on any atom is -0.379 e. The maximum atomic E-state index is 12.5. The Bertz CT molecular complexity index is 625. The Balaban J connectivity index is 1.77. The first-order valence-electron chi connectivity index (χ1n) is 7.08. The van der Waals surface area contributed by atoms with Crippen molar-refractivity contribution in [1.29, 1.82) is 0 Å². The number of carbonyl (C=O) groups is 1. The quantitative estimate of drug-likeness (QED) is 0.872. The van der Waals surface area contributed by atoms with Gasteiger partial charge in [0.25, 0.3) is 5.91 Å². The number of H-pyrrole nitrogens is 1. The Morgan fingerprint density at radius 2 is 2.48 bits per heavy atom. The summed E-state index contributed by atoms with van der Waals surface area (Å²) in [5, 5.41) is 3.72. The summed E-state index contributed by atoms with van der Waals surface area (Å²) in [4.78, 5) is 23.6. The molecule has 112 valence electrons. The lowest BCUT2D eigenvalue weighted by atomic mass is 10.1. The number of nitrogens with zero attached hydrogens (tertiary/aromatic N) is 2. The van der Waals surface area contributed by atoms with Crippen molar-refractivity contribution in [2.45, 2.75) is 25.5 Å². The molecule has 1 fully saturated rings. The standard InChI is InChI=1S/C14H18N4O3/c1-2-21-11-7-20-6-4-10(11)18-14(19)12-9-3-5-15-13(9)17-8-16-12/h3,5,8,10-11H,2,4,6-7H2,1H3,(H,18,19)(H,15,16,17). The zero-order chi connectivity index (χ0) is 14.7. The highest BCUT2D eigenvalue weighted by molar-refractivity contribution is 6.03. The molecule has 7 heteroatoms. The van der Waals surface area contributed by atoms with Crippen LogP contribution in [0.3, 0.4) is 0 Å². The van der Waals surface area contributed by atoms with Gasteiger partial charge in [0.15, 0.2) is 0 Å². The number of carbonyl (C=O) groups excluding carboxylic acids is 1. The lowest BCUT2D eigenvalue weighted by molar-refractivity contribution is -0.0632. The van der Waals surface area contributed by atoms with Crippen LogP contribution in [0.4, 0.5) is 0 Å². The van der Waals surface area contributed by atoms with Gasteiger partial charge < -0.3 is 19.8 Å². The number of fused-ring (bicyclic) bond motifs is 1. The molecule has 0 spiro atoms. The van der Waals surface area contributed by atoms with Gasteiger partial charge in [-0.05, 0) is 19.4 Å². The molecular formula is C14H18N4O3. The van der Waals surface area contributed by atoms with Crippen LogP contribution in [0.5, 0.6) is 0 Å². The summed E-state index contributed by atoms with van der Waals surface area (Å²) in [6.45, 7) is 3.65. The molecule has 1 aliphatic rings. The monoisotopic (exact) mass is 290 g/mol. The van der Waals surface area contributed by atoms with Crippen molar-refractivity contribution in [1.82, 2.24) is 20.3 Å². The highest BCUT2D eigenvalue weighted by Gasteiger charge is 2.28. The minimum absolute atomic E-state index is 0.0600. The second-order valence-corrected chi connectivity index (χ2v) is 4.90. The topological polar surface area (TPSA) is 89.1 Å². The molecular weight excluding hydrogens is 272 g/mol. The first-order chi connectivity index (χ1) is 10.3. The van der Waals surface area contributed by atoms with Gasteiger partial charge in [0.05, 0.1) is 18.0 Å². The van der Waals surface area contributed by atoms with Crippen molar-refractivity contribution >= 4 is 16.9 Å². The van der Waals surface area contributed by atoms with Gasteiger partial charge in [-0.15, -0.1) is 0 Å². The van der Waals surface area contributed by atoms with Gasteiger partial charge in [-0.3, -0.25) is 4.79 Å². The van der Waals surface area contributed by atoms with E-state index in [-0.39, 0.29) is 18.1 Å². The maximum absolute atomic E-state index is 12.5. The Kier molecular flexibility index (Phi) is 4.12. The summed E-state index contributed by atoms with van der Waals surface area (Å²) in [6, 6.07) is 1.74. The van der Waals surface area contributed by atoms with Gasteiger partial charge in [-0.2, -0.15) is 0 Å². The van der Waals surface area contributed by atoms with E-state index in [0.29, 0.717) is 31.2 Å². The third kappa shape index (κ3) is 2.88. The average Bonchev–Trinajstić information content (AvgIpc) is 2.97. The van der Waals surface area contributed by atoms with Crippen LogP contribution in [0.1, 0.15) is 23.8 Å². The van der Waals surface area contributed by atoms with Crippen LogP contribution in [0.2, 0.25) is 0 Å². The molecule has 2 N–H and O–H groups in total. The third-order valence-electron chi connectivity index (χ3n) is 3.57. The molecule has 0 saturated carbocycles. The summed E-state index contributed by atoms with van der Waals surface area (Å²) in [5.41, 5.74) is 1.03. The van der Waals surface area contributed by atoms with Crippen molar-refractivity contribution in [2.24, 2.45) is 0 Å². The predicted molar refractivity (Wildman–Crippen MR) is 76.0 cm³/mol. The fourth-order valence-electron chi connectivity index (χ4n) is 2.55. The first kappa shape index (κ1) is 14.0. The molecule has 0 aromatic carbocycles. The molecule has 1 saturated heterocycles. The van der Waals surface area contributed by atoms with Crippen LogP contribution in [-0.4, -0.2) is 52.8 Å². The van der Waals surface area contributed by atoms with Gasteiger partial charge >= 0.3 is 0 Å². The van der Waals surface area contributed by atoms with Crippen LogP contribution in [0.25, 0.3) is 11.0 Å². The summed E-state index contributed by atoms with van der Waals surface area (Å²) >= 11 is 0. The van der Waals surface area contributed by atoms with E-state index >= 15 is 0 Å². The molecule has 2 aromatic heterocycles. The molecule has 0 aliphatic carbocycles. The molecule has 2 atom stereocenters. The smallest absolute Gasteiger partial charge is 0.271 e. The van der Waals surface area contributed by atoms with Crippen molar-refractivity contribution < 1.29 is 14.3 Å². The van der Waals surface area contributed by atoms with Crippen LogP contribution < -0.4 is 5.32 Å². The van der Waals surface area contributed by atoms with Crippen LogP contribution >= 0.6 is 0 Å². The summed E-state index contributed by atoms with van der Waals surface area (Å²) in [5.74, 6) is -0.210. The second kappa shape index (κ2) is 6.19. The number of aromatic nitrogens is 3. The van der Waals surface area contributed by atoms with Crippen LogP contribution in [0.15, 0.2) is 18.6 Å². The minimum atomic E-state index is -0.210.